The summed E-state index contributed by atoms with van der Waals surface area (Å²) in [7, 11) is -3.71. The number of halogens is 1. The van der Waals surface area contributed by atoms with Gasteiger partial charge in [-0.15, -0.1) is 0 Å². The first-order chi connectivity index (χ1) is 9.37. The van der Waals surface area contributed by atoms with E-state index in [-0.39, 0.29) is 23.5 Å². The van der Waals surface area contributed by atoms with Crippen LogP contribution in [0.4, 0.5) is 4.39 Å². The van der Waals surface area contributed by atoms with E-state index in [1.807, 2.05) is 13.8 Å². The Hall–Kier alpha value is -0.980. The van der Waals surface area contributed by atoms with E-state index >= 15 is 0 Å². The largest absolute Gasteiger partial charge is 0.326 e. The van der Waals surface area contributed by atoms with Crippen LogP contribution in [0.15, 0.2) is 23.1 Å². The fourth-order valence-corrected chi connectivity index (χ4v) is 5.05. The lowest BCUT2D eigenvalue weighted by Crippen LogP contribution is -2.47. The van der Waals surface area contributed by atoms with E-state index in [0.29, 0.717) is 5.56 Å². The molecule has 0 aliphatic carbocycles. The van der Waals surface area contributed by atoms with E-state index in [2.05, 4.69) is 0 Å². The van der Waals surface area contributed by atoms with Gasteiger partial charge in [-0.2, -0.15) is 4.31 Å². The van der Waals surface area contributed by atoms with Crippen molar-refractivity contribution >= 4 is 10.0 Å². The molecule has 6 heteroatoms. The Morgan fingerprint density at radius 3 is 2.45 bits per heavy atom. The molecule has 1 saturated heterocycles. The van der Waals surface area contributed by atoms with Gasteiger partial charge >= 0.3 is 0 Å². The number of nitrogens with zero attached hydrogens (tertiary/aromatic N) is 1. The Morgan fingerprint density at radius 1 is 1.30 bits per heavy atom. The lowest BCUT2D eigenvalue weighted by molar-refractivity contribution is 0.204. The topological polar surface area (TPSA) is 63.4 Å². The number of hydrogen-bond acceptors (Lipinski definition) is 3. The lowest BCUT2D eigenvalue weighted by atomic mass is 10.0. The van der Waals surface area contributed by atoms with Crippen LogP contribution < -0.4 is 5.73 Å². The third-order valence-corrected chi connectivity index (χ3v) is 6.13. The Balaban J connectivity index is 2.51. The van der Waals surface area contributed by atoms with Gasteiger partial charge in [-0.3, -0.25) is 0 Å². The van der Waals surface area contributed by atoms with Gasteiger partial charge in [0.1, 0.15) is 5.82 Å². The van der Waals surface area contributed by atoms with Crippen molar-refractivity contribution in [2.45, 2.75) is 56.6 Å². The average molecular weight is 300 g/mol. The molecular formula is C14H21FN2O2S. The molecule has 0 spiro atoms. The summed E-state index contributed by atoms with van der Waals surface area (Å²) in [5, 5.41) is 0. The van der Waals surface area contributed by atoms with E-state index in [9.17, 15) is 12.8 Å². The Bertz CT molecular complexity index is 579. The molecule has 112 valence electrons. The van der Waals surface area contributed by atoms with E-state index in [0.717, 1.165) is 25.3 Å². The number of sulfonamides is 1. The Kier molecular flexibility index (Phi) is 4.46. The van der Waals surface area contributed by atoms with Crippen molar-refractivity contribution < 1.29 is 12.8 Å². The standard InChI is InChI=1S/C14H21FN2O2S/c1-10-4-3-5-11(2)17(10)20(18,19)14-8-13(15)7-6-12(14)9-16/h6-8,10-11H,3-5,9,16H2,1-2H3. The summed E-state index contributed by atoms with van der Waals surface area (Å²) in [5.74, 6) is -0.557. The van der Waals surface area contributed by atoms with Gasteiger partial charge in [-0.1, -0.05) is 12.5 Å². The van der Waals surface area contributed by atoms with Crippen molar-refractivity contribution in [3.05, 3.63) is 29.6 Å². The van der Waals surface area contributed by atoms with Crippen LogP contribution in [0, 0.1) is 5.82 Å². The second kappa shape index (κ2) is 5.79. The third kappa shape index (κ3) is 2.73. The van der Waals surface area contributed by atoms with Gasteiger partial charge in [0.25, 0.3) is 0 Å². The molecule has 1 heterocycles. The molecule has 0 radical (unpaired) electrons. The summed E-state index contributed by atoms with van der Waals surface area (Å²) in [6.07, 6.45) is 2.68. The summed E-state index contributed by atoms with van der Waals surface area (Å²) in [6, 6.07) is 3.62. The maximum atomic E-state index is 13.5. The number of rotatable bonds is 3. The average Bonchev–Trinajstić information content (AvgIpc) is 2.38. The summed E-state index contributed by atoms with van der Waals surface area (Å²) in [5.41, 5.74) is 6.05. The molecule has 1 aromatic rings. The Morgan fingerprint density at radius 2 is 1.90 bits per heavy atom. The quantitative estimate of drug-likeness (QED) is 0.931. The monoisotopic (exact) mass is 300 g/mol. The van der Waals surface area contributed by atoms with Gasteiger partial charge in [-0.25, -0.2) is 12.8 Å². The van der Waals surface area contributed by atoms with E-state index in [4.69, 9.17) is 5.73 Å². The molecule has 0 aromatic heterocycles. The normalized spacial score (nSPS) is 24.8. The first-order valence-corrected chi connectivity index (χ1v) is 8.34. The van der Waals surface area contributed by atoms with Crippen molar-refractivity contribution in [3.63, 3.8) is 0 Å². The van der Waals surface area contributed by atoms with Crippen LogP contribution in [0.2, 0.25) is 0 Å². The number of hydrogen-bond donors (Lipinski definition) is 1. The first-order valence-electron chi connectivity index (χ1n) is 6.90. The molecule has 0 amide bonds. The van der Waals surface area contributed by atoms with Crippen molar-refractivity contribution in [2.24, 2.45) is 5.73 Å². The van der Waals surface area contributed by atoms with Crippen LogP contribution in [0.1, 0.15) is 38.7 Å². The van der Waals surface area contributed by atoms with Crippen LogP contribution in [0.5, 0.6) is 0 Å². The summed E-state index contributed by atoms with van der Waals surface area (Å²) in [6.45, 7) is 3.87. The SMILES string of the molecule is CC1CCCC(C)N1S(=O)(=O)c1cc(F)ccc1CN. The molecule has 1 aromatic carbocycles. The van der Waals surface area contributed by atoms with Gasteiger partial charge in [0.2, 0.25) is 10.0 Å². The molecule has 1 aliphatic rings. The van der Waals surface area contributed by atoms with Crippen LogP contribution in [0.3, 0.4) is 0 Å². The molecule has 1 aliphatic heterocycles. The molecule has 2 atom stereocenters. The van der Waals surface area contributed by atoms with Crippen molar-refractivity contribution in [3.8, 4) is 0 Å². The number of nitrogens with two attached hydrogens (primary N) is 1. The minimum absolute atomic E-state index is 0.000556. The van der Waals surface area contributed by atoms with Crippen molar-refractivity contribution in [1.29, 1.82) is 0 Å². The molecule has 2 N–H and O–H groups in total. The lowest BCUT2D eigenvalue weighted by Gasteiger charge is -2.38. The zero-order chi connectivity index (χ0) is 14.9. The highest BCUT2D eigenvalue weighted by Gasteiger charge is 2.36. The molecule has 2 rings (SSSR count). The summed E-state index contributed by atoms with van der Waals surface area (Å²) in [4.78, 5) is 0.000556. The van der Waals surface area contributed by atoms with Gasteiger partial charge in [-0.05, 0) is 44.4 Å². The highest BCUT2D eigenvalue weighted by Crippen LogP contribution is 2.31. The van der Waals surface area contributed by atoms with Crippen molar-refractivity contribution in [2.75, 3.05) is 0 Å². The highest BCUT2D eigenvalue weighted by atomic mass is 32.2. The number of benzene rings is 1. The molecular weight excluding hydrogens is 279 g/mol. The molecule has 1 fully saturated rings. The van der Waals surface area contributed by atoms with E-state index < -0.39 is 15.8 Å². The fraction of sp³-hybridized carbons (Fsp3) is 0.571. The fourth-order valence-electron chi connectivity index (χ4n) is 2.92. The zero-order valence-corrected chi connectivity index (χ0v) is 12.7. The van der Waals surface area contributed by atoms with Gasteiger partial charge in [0.15, 0.2) is 0 Å². The van der Waals surface area contributed by atoms with E-state index in [1.54, 1.807) is 0 Å². The molecule has 0 saturated carbocycles. The first kappa shape index (κ1) is 15.4. The Labute approximate surface area is 119 Å². The molecule has 2 unspecified atom stereocenters. The second-order valence-corrected chi connectivity index (χ2v) is 7.23. The summed E-state index contributed by atoms with van der Waals surface area (Å²) < 4.78 is 40.6. The summed E-state index contributed by atoms with van der Waals surface area (Å²) >= 11 is 0. The van der Waals surface area contributed by atoms with Crippen LogP contribution in [0.25, 0.3) is 0 Å². The predicted octanol–water partition coefficient (Wildman–Crippen LogP) is 2.24. The second-order valence-electron chi connectivity index (χ2n) is 5.42. The third-order valence-electron chi connectivity index (χ3n) is 3.92. The van der Waals surface area contributed by atoms with Gasteiger partial charge in [0, 0.05) is 18.6 Å². The molecule has 0 bridgehead atoms. The zero-order valence-electron chi connectivity index (χ0n) is 11.8. The van der Waals surface area contributed by atoms with Crippen LogP contribution in [-0.2, 0) is 16.6 Å². The van der Waals surface area contributed by atoms with Crippen LogP contribution in [-0.4, -0.2) is 24.8 Å². The van der Waals surface area contributed by atoms with Crippen LogP contribution >= 0.6 is 0 Å². The molecule has 20 heavy (non-hydrogen) atoms. The predicted molar refractivity (Wildman–Crippen MR) is 76.1 cm³/mol. The smallest absolute Gasteiger partial charge is 0.243 e. The maximum Gasteiger partial charge on any atom is 0.243 e. The highest BCUT2D eigenvalue weighted by molar-refractivity contribution is 7.89. The maximum absolute atomic E-state index is 13.5. The van der Waals surface area contributed by atoms with Crippen molar-refractivity contribution in [1.82, 2.24) is 4.31 Å². The van der Waals surface area contributed by atoms with Gasteiger partial charge < -0.3 is 5.73 Å². The van der Waals surface area contributed by atoms with E-state index in [1.165, 1.54) is 16.4 Å². The minimum Gasteiger partial charge on any atom is -0.326 e. The minimum atomic E-state index is -3.71. The molecule has 4 nitrogen and oxygen atoms in total. The number of piperidine rings is 1. The van der Waals surface area contributed by atoms with Gasteiger partial charge in [0.05, 0.1) is 4.90 Å².